The van der Waals surface area contributed by atoms with Gasteiger partial charge in [0.2, 0.25) is 0 Å². The van der Waals surface area contributed by atoms with E-state index in [0.717, 1.165) is 0 Å². The number of nitrogens with one attached hydrogen (secondary N) is 1. The van der Waals surface area contributed by atoms with E-state index in [0.29, 0.717) is 30.1 Å². The minimum atomic E-state index is -0.924. The van der Waals surface area contributed by atoms with Crippen LogP contribution in [0.3, 0.4) is 0 Å². The molecule has 0 aliphatic carbocycles. The van der Waals surface area contributed by atoms with Gasteiger partial charge in [-0.15, -0.1) is 0 Å². The van der Waals surface area contributed by atoms with Crippen LogP contribution in [-0.4, -0.2) is 36.0 Å². The molecule has 0 radical (unpaired) electrons. The van der Waals surface area contributed by atoms with Crippen LogP contribution in [0.1, 0.15) is 18.9 Å². The molecule has 6 heteroatoms. The third-order valence-electron chi connectivity index (χ3n) is 2.59. The Hall–Kier alpha value is -1.84. The van der Waals surface area contributed by atoms with E-state index in [1.807, 2.05) is 6.07 Å². The predicted octanol–water partition coefficient (Wildman–Crippen LogP) is 0.735. The molecule has 0 bridgehead atoms. The van der Waals surface area contributed by atoms with Gasteiger partial charge in [0.05, 0.1) is 16.9 Å². The number of methoxy groups -OCH3 is 1. The van der Waals surface area contributed by atoms with Gasteiger partial charge in [0.25, 0.3) is 0 Å². The number of hydrogen-bond donors (Lipinski definition) is 3. The van der Waals surface area contributed by atoms with Gasteiger partial charge in [-0.3, -0.25) is 0 Å². The molecule has 0 aliphatic heterocycles. The molecule has 0 fully saturated rings. The van der Waals surface area contributed by atoms with E-state index < -0.39 is 5.60 Å². The van der Waals surface area contributed by atoms with Crippen LogP contribution < -0.4 is 11.1 Å². The normalized spacial score (nSPS) is 13.7. The molecule has 18 heavy (non-hydrogen) atoms. The Morgan fingerprint density at radius 2 is 2.39 bits per heavy atom. The summed E-state index contributed by atoms with van der Waals surface area (Å²) in [5, 5.41) is 21.8. The number of nitrogens with two attached hydrogens (primary N) is 1. The molecule has 0 amide bonds. The summed E-state index contributed by atoms with van der Waals surface area (Å²) < 4.78 is 4.92. The minimum Gasteiger partial charge on any atom is -0.395 e. The molecule has 1 heterocycles. The van der Waals surface area contributed by atoms with Crippen molar-refractivity contribution in [1.82, 2.24) is 4.98 Å². The zero-order valence-electron chi connectivity index (χ0n) is 10.6. The van der Waals surface area contributed by atoms with Crippen molar-refractivity contribution in [3.8, 4) is 6.07 Å². The standard InChI is InChI=1S/C12H18N4O2/c1-12(17,4-6-18-2)8-16-11-10(14)9(7-13)3-5-15-11/h3,5,17H,4,6,8,14H2,1-2H3,(H,15,16). The molecule has 0 aromatic carbocycles. The zero-order chi connectivity index (χ0) is 13.6. The van der Waals surface area contributed by atoms with Gasteiger partial charge in [-0.25, -0.2) is 4.98 Å². The second-order valence-electron chi connectivity index (χ2n) is 4.33. The number of nitriles is 1. The maximum Gasteiger partial charge on any atom is 0.150 e. The maximum atomic E-state index is 10.0. The monoisotopic (exact) mass is 250 g/mol. The fourth-order valence-electron chi connectivity index (χ4n) is 1.40. The summed E-state index contributed by atoms with van der Waals surface area (Å²) in [5.74, 6) is 0.409. The summed E-state index contributed by atoms with van der Waals surface area (Å²) in [7, 11) is 1.58. The lowest BCUT2D eigenvalue weighted by Gasteiger charge is -2.23. The Bertz CT molecular complexity index is 440. The van der Waals surface area contributed by atoms with E-state index in [2.05, 4.69) is 10.3 Å². The van der Waals surface area contributed by atoms with Gasteiger partial charge in [0.1, 0.15) is 6.07 Å². The van der Waals surface area contributed by atoms with E-state index in [-0.39, 0.29) is 6.54 Å². The lowest BCUT2D eigenvalue weighted by molar-refractivity contribution is 0.0357. The number of aliphatic hydroxyl groups is 1. The SMILES string of the molecule is COCCC(C)(O)CNc1nccc(C#N)c1N. The van der Waals surface area contributed by atoms with Crippen molar-refractivity contribution in [2.75, 3.05) is 31.3 Å². The lowest BCUT2D eigenvalue weighted by atomic mass is 10.0. The second-order valence-corrected chi connectivity index (χ2v) is 4.33. The second kappa shape index (κ2) is 6.19. The van der Waals surface area contributed by atoms with E-state index in [1.165, 1.54) is 6.20 Å². The Labute approximate surface area is 106 Å². The van der Waals surface area contributed by atoms with Crippen LogP contribution in [0.15, 0.2) is 12.3 Å². The van der Waals surface area contributed by atoms with E-state index >= 15 is 0 Å². The van der Waals surface area contributed by atoms with Gasteiger partial charge >= 0.3 is 0 Å². The predicted molar refractivity (Wildman–Crippen MR) is 69.0 cm³/mol. The van der Waals surface area contributed by atoms with Crippen LogP contribution in [0.4, 0.5) is 11.5 Å². The molecule has 0 saturated carbocycles. The van der Waals surface area contributed by atoms with Crippen molar-refractivity contribution in [2.24, 2.45) is 0 Å². The highest BCUT2D eigenvalue weighted by Crippen LogP contribution is 2.20. The number of anilines is 2. The molecule has 1 aromatic heterocycles. The molecular formula is C12H18N4O2. The lowest BCUT2D eigenvalue weighted by Crippen LogP contribution is -2.35. The fourth-order valence-corrected chi connectivity index (χ4v) is 1.40. The van der Waals surface area contributed by atoms with Gasteiger partial charge in [-0.05, 0) is 13.0 Å². The average molecular weight is 250 g/mol. The number of aromatic nitrogens is 1. The first-order chi connectivity index (χ1) is 8.50. The van der Waals surface area contributed by atoms with Gasteiger partial charge in [-0.2, -0.15) is 5.26 Å². The Morgan fingerprint density at radius 3 is 3.00 bits per heavy atom. The molecule has 1 atom stereocenters. The van der Waals surface area contributed by atoms with Crippen molar-refractivity contribution >= 4 is 11.5 Å². The summed E-state index contributed by atoms with van der Waals surface area (Å²) in [4.78, 5) is 4.04. The number of pyridine rings is 1. The summed E-state index contributed by atoms with van der Waals surface area (Å²) >= 11 is 0. The van der Waals surface area contributed by atoms with Gasteiger partial charge in [0, 0.05) is 32.9 Å². The number of rotatable bonds is 6. The average Bonchev–Trinajstić information content (AvgIpc) is 2.35. The smallest absolute Gasteiger partial charge is 0.150 e. The van der Waals surface area contributed by atoms with Crippen LogP contribution in [0.5, 0.6) is 0 Å². The molecule has 0 aliphatic rings. The highest BCUT2D eigenvalue weighted by Gasteiger charge is 2.20. The molecule has 98 valence electrons. The fraction of sp³-hybridized carbons (Fsp3) is 0.500. The van der Waals surface area contributed by atoms with Crippen molar-refractivity contribution < 1.29 is 9.84 Å². The summed E-state index contributed by atoms with van der Waals surface area (Å²) in [5.41, 5.74) is 5.50. The summed E-state index contributed by atoms with van der Waals surface area (Å²) in [6.45, 7) is 2.45. The van der Waals surface area contributed by atoms with E-state index in [1.54, 1.807) is 20.1 Å². The summed E-state index contributed by atoms with van der Waals surface area (Å²) in [6.07, 6.45) is 2.00. The number of nitrogens with zero attached hydrogens (tertiary/aromatic N) is 2. The molecular weight excluding hydrogens is 232 g/mol. The molecule has 4 N–H and O–H groups in total. The number of ether oxygens (including phenoxy) is 1. The third kappa shape index (κ3) is 3.87. The minimum absolute atomic E-state index is 0.280. The quantitative estimate of drug-likeness (QED) is 0.687. The first-order valence-corrected chi connectivity index (χ1v) is 5.60. The molecule has 1 aromatic rings. The molecule has 0 saturated heterocycles. The Balaban J connectivity index is 2.66. The highest BCUT2D eigenvalue weighted by molar-refractivity contribution is 5.68. The van der Waals surface area contributed by atoms with E-state index in [4.69, 9.17) is 15.7 Å². The van der Waals surface area contributed by atoms with Gasteiger partial charge in [0.15, 0.2) is 5.82 Å². The zero-order valence-corrected chi connectivity index (χ0v) is 10.6. The van der Waals surface area contributed by atoms with Crippen LogP contribution in [0, 0.1) is 11.3 Å². The number of hydrogen-bond acceptors (Lipinski definition) is 6. The Morgan fingerprint density at radius 1 is 1.67 bits per heavy atom. The maximum absolute atomic E-state index is 10.0. The number of nitrogen functional groups attached to an aromatic ring is 1. The molecule has 1 rings (SSSR count). The van der Waals surface area contributed by atoms with Crippen molar-refractivity contribution in [3.05, 3.63) is 17.8 Å². The van der Waals surface area contributed by atoms with Crippen LogP contribution in [0.25, 0.3) is 0 Å². The van der Waals surface area contributed by atoms with Crippen molar-refractivity contribution in [2.45, 2.75) is 18.9 Å². The molecule has 0 spiro atoms. The largest absolute Gasteiger partial charge is 0.395 e. The Kier molecular flexibility index (Phi) is 4.89. The first-order valence-electron chi connectivity index (χ1n) is 5.60. The van der Waals surface area contributed by atoms with Crippen LogP contribution >= 0.6 is 0 Å². The first kappa shape index (κ1) is 14.2. The summed E-state index contributed by atoms with van der Waals surface area (Å²) in [6, 6.07) is 3.52. The highest BCUT2D eigenvalue weighted by atomic mass is 16.5. The molecule has 6 nitrogen and oxygen atoms in total. The van der Waals surface area contributed by atoms with Gasteiger partial charge in [-0.1, -0.05) is 0 Å². The third-order valence-corrected chi connectivity index (χ3v) is 2.59. The molecule has 1 unspecified atom stereocenters. The van der Waals surface area contributed by atoms with E-state index in [9.17, 15) is 5.11 Å². The van der Waals surface area contributed by atoms with Crippen LogP contribution in [-0.2, 0) is 4.74 Å². The van der Waals surface area contributed by atoms with Crippen molar-refractivity contribution in [1.29, 1.82) is 5.26 Å². The van der Waals surface area contributed by atoms with Crippen molar-refractivity contribution in [3.63, 3.8) is 0 Å². The topological polar surface area (TPSA) is 104 Å². The van der Waals surface area contributed by atoms with Crippen LogP contribution in [0.2, 0.25) is 0 Å². The van der Waals surface area contributed by atoms with Gasteiger partial charge < -0.3 is 20.9 Å².